The van der Waals surface area contributed by atoms with Crippen LogP contribution in [0.15, 0.2) is 10.8 Å². The number of rotatable bonds is 4. The molecular formula is C9H14BrN5O. The molecule has 88 valence electrons. The van der Waals surface area contributed by atoms with Gasteiger partial charge in [-0.2, -0.15) is 0 Å². The molecule has 0 unspecified atom stereocenters. The molecular weight excluding hydrogens is 274 g/mol. The average molecular weight is 288 g/mol. The molecule has 1 heterocycles. The van der Waals surface area contributed by atoms with E-state index in [-0.39, 0.29) is 0 Å². The van der Waals surface area contributed by atoms with Crippen LogP contribution in [0.25, 0.3) is 0 Å². The van der Waals surface area contributed by atoms with Crippen LogP contribution in [-0.2, 0) is 0 Å². The van der Waals surface area contributed by atoms with E-state index in [2.05, 4.69) is 36.6 Å². The lowest BCUT2D eigenvalue weighted by atomic mass is 9.80. The fourth-order valence-electron chi connectivity index (χ4n) is 1.60. The van der Waals surface area contributed by atoms with Crippen LogP contribution in [0.1, 0.15) is 19.3 Å². The predicted molar refractivity (Wildman–Crippen MR) is 64.8 cm³/mol. The number of nitrogens with zero attached hydrogens (tertiary/aromatic N) is 2. The van der Waals surface area contributed by atoms with Crippen LogP contribution in [0.2, 0.25) is 0 Å². The van der Waals surface area contributed by atoms with Crippen molar-refractivity contribution in [3.63, 3.8) is 0 Å². The molecule has 6 nitrogen and oxygen atoms in total. The Hall–Kier alpha value is -0.920. The van der Waals surface area contributed by atoms with Crippen LogP contribution in [0.3, 0.4) is 0 Å². The van der Waals surface area contributed by atoms with E-state index in [1.54, 1.807) is 0 Å². The zero-order chi connectivity index (χ0) is 11.6. The van der Waals surface area contributed by atoms with E-state index in [1.807, 2.05) is 0 Å². The minimum absolute atomic E-state index is 0.493. The number of hydrogen-bond donors (Lipinski definition) is 4. The second-order valence-electron chi connectivity index (χ2n) is 3.96. The summed E-state index contributed by atoms with van der Waals surface area (Å²) in [6.07, 6.45) is 4.17. The number of nitrogens with one attached hydrogen (secondary N) is 2. The summed E-state index contributed by atoms with van der Waals surface area (Å²) in [6, 6.07) is 0. The van der Waals surface area contributed by atoms with Crippen molar-refractivity contribution in [2.75, 3.05) is 17.3 Å². The van der Waals surface area contributed by atoms with Crippen molar-refractivity contribution in [3.05, 3.63) is 10.8 Å². The van der Waals surface area contributed by atoms with E-state index in [0.717, 1.165) is 19.3 Å². The van der Waals surface area contributed by atoms with E-state index in [9.17, 15) is 5.11 Å². The van der Waals surface area contributed by atoms with Gasteiger partial charge in [-0.3, -0.25) is 0 Å². The number of hydrazine groups is 1. The van der Waals surface area contributed by atoms with E-state index in [0.29, 0.717) is 22.7 Å². The van der Waals surface area contributed by atoms with Gasteiger partial charge in [0.2, 0.25) is 0 Å². The van der Waals surface area contributed by atoms with E-state index in [4.69, 9.17) is 5.84 Å². The second-order valence-corrected chi connectivity index (χ2v) is 4.75. The Labute approximate surface area is 102 Å². The molecule has 1 fully saturated rings. The van der Waals surface area contributed by atoms with Crippen LogP contribution in [0, 0.1) is 0 Å². The predicted octanol–water partition coefficient (Wildman–Crippen LogP) is 0.852. The van der Waals surface area contributed by atoms with Gasteiger partial charge in [-0.25, -0.2) is 15.8 Å². The number of aliphatic hydroxyl groups is 1. The first-order valence-electron chi connectivity index (χ1n) is 5.08. The molecule has 1 saturated carbocycles. The normalized spacial score (nSPS) is 17.7. The molecule has 0 radical (unpaired) electrons. The third-order valence-electron chi connectivity index (χ3n) is 2.80. The van der Waals surface area contributed by atoms with Crippen molar-refractivity contribution < 1.29 is 5.11 Å². The highest BCUT2D eigenvalue weighted by Crippen LogP contribution is 2.32. The van der Waals surface area contributed by atoms with Gasteiger partial charge in [0, 0.05) is 6.54 Å². The summed E-state index contributed by atoms with van der Waals surface area (Å²) in [6.45, 7) is 0.493. The molecule has 1 aliphatic rings. The van der Waals surface area contributed by atoms with Crippen molar-refractivity contribution in [3.8, 4) is 0 Å². The summed E-state index contributed by atoms with van der Waals surface area (Å²) in [5.41, 5.74) is 1.88. The second kappa shape index (κ2) is 4.52. The van der Waals surface area contributed by atoms with Crippen molar-refractivity contribution in [1.29, 1.82) is 0 Å². The number of halogens is 1. The first-order chi connectivity index (χ1) is 7.64. The molecule has 1 aliphatic carbocycles. The first-order valence-corrected chi connectivity index (χ1v) is 5.87. The number of nitrogen functional groups attached to an aromatic ring is 1. The minimum Gasteiger partial charge on any atom is -0.388 e. The molecule has 0 saturated heterocycles. The molecule has 0 spiro atoms. The number of anilines is 2. The largest absolute Gasteiger partial charge is 0.388 e. The standard InChI is InChI=1S/C9H14BrN5O/c10-6-7(13-5-14-8(6)15-11)12-4-9(16)2-1-3-9/h5,16H,1-4,11H2,(H2,12,13,14,15). The molecule has 5 N–H and O–H groups in total. The summed E-state index contributed by atoms with van der Waals surface area (Å²) in [5, 5.41) is 13.0. The summed E-state index contributed by atoms with van der Waals surface area (Å²) in [4.78, 5) is 8.01. The molecule has 0 amide bonds. The fraction of sp³-hybridized carbons (Fsp3) is 0.556. The highest BCUT2D eigenvalue weighted by Gasteiger charge is 2.34. The Morgan fingerprint density at radius 3 is 2.69 bits per heavy atom. The maximum absolute atomic E-state index is 9.93. The lowest BCUT2D eigenvalue weighted by molar-refractivity contribution is -0.0202. The smallest absolute Gasteiger partial charge is 0.159 e. The quantitative estimate of drug-likeness (QED) is 0.484. The van der Waals surface area contributed by atoms with Crippen molar-refractivity contribution in [1.82, 2.24) is 9.97 Å². The van der Waals surface area contributed by atoms with Crippen LogP contribution < -0.4 is 16.6 Å². The van der Waals surface area contributed by atoms with Gasteiger partial charge >= 0.3 is 0 Å². The van der Waals surface area contributed by atoms with E-state index >= 15 is 0 Å². The highest BCUT2D eigenvalue weighted by molar-refractivity contribution is 9.10. The number of nitrogens with two attached hydrogens (primary N) is 1. The SMILES string of the molecule is NNc1ncnc(NCC2(O)CCC2)c1Br. The van der Waals surface area contributed by atoms with Gasteiger partial charge < -0.3 is 15.8 Å². The Bertz CT molecular complexity index is 382. The van der Waals surface area contributed by atoms with Crippen molar-refractivity contribution in [2.24, 2.45) is 5.84 Å². The lowest BCUT2D eigenvalue weighted by Crippen LogP contribution is -2.43. The maximum atomic E-state index is 9.93. The number of hydrogen-bond acceptors (Lipinski definition) is 6. The van der Waals surface area contributed by atoms with Crippen LogP contribution in [0.4, 0.5) is 11.6 Å². The molecule has 0 atom stereocenters. The minimum atomic E-state index is -0.583. The Morgan fingerprint density at radius 2 is 2.12 bits per heavy atom. The summed E-state index contributed by atoms with van der Waals surface area (Å²) >= 11 is 3.34. The molecule has 2 rings (SSSR count). The summed E-state index contributed by atoms with van der Waals surface area (Å²) in [7, 11) is 0. The van der Waals surface area contributed by atoms with Gasteiger partial charge in [-0.05, 0) is 35.2 Å². The fourth-order valence-corrected chi connectivity index (χ4v) is 2.06. The topological polar surface area (TPSA) is 96.1 Å². The van der Waals surface area contributed by atoms with Crippen molar-refractivity contribution in [2.45, 2.75) is 24.9 Å². The zero-order valence-electron chi connectivity index (χ0n) is 8.70. The molecule has 0 aromatic carbocycles. The third kappa shape index (κ3) is 2.26. The van der Waals surface area contributed by atoms with Gasteiger partial charge in [0.05, 0.1) is 5.60 Å². The Balaban J connectivity index is 2.03. The monoisotopic (exact) mass is 287 g/mol. The number of aromatic nitrogens is 2. The molecule has 16 heavy (non-hydrogen) atoms. The molecule has 7 heteroatoms. The Kier molecular flexibility index (Phi) is 3.27. The van der Waals surface area contributed by atoms with E-state index < -0.39 is 5.60 Å². The van der Waals surface area contributed by atoms with Gasteiger partial charge in [0.25, 0.3) is 0 Å². The molecule has 0 aliphatic heterocycles. The molecule has 1 aromatic rings. The molecule has 0 bridgehead atoms. The molecule has 1 aromatic heterocycles. The van der Waals surface area contributed by atoms with Gasteiger partial charge in [0.15, 0.2) is 5.82 Å². The average Bonchev–Trinajstić information content (AvgIpc) is 2.25. The maximum Gasteiger partial charge on any atom is 0.159 e. The summed E-state index contributed by atoms with van der Waals surface area (Å²) < 4.78 is 0.667. The van der Waals surface area contributed by atoms with Gasteiger partial charge in [-0.1, -0.05) is 0 Å². The van der Waals surface area contributed by atoms with Crippen LogP contribution >= 0.6 is 15.9 Å². The lowest BCUT2D eigenvalue weighted by Gasteiger charge is -2.36. The zero-order valence-corrected chi connectivity index (χ0v) is 10.3. The third-order valence-corrected chi connectivity index (χ3v) is 3.55. The van der Waals surface area contributed by atoms with Crippen LogP contribution in [-0.4, -0.2) is 27.2 Å². The first kappa shape index (κ1) is 11.6. The van der Waals surface area contributed by atoms with Crippen molar-refractivity contribution >= 4 is 27.6 Å². The van der Waals surface area contributed by atoms with Gasteiger partial charge in [-0.15, -0.1) is 0 Å². The summed E-state index contributed by atoms with van der Waals surface area (Å²) in [5.74, 6) is 6.43. The van der Waals surface area contributed by atoms with E-state index in [1.165, 1.54) is 6.33 Å². The van der Waals surface area contributed by atoms with Crippen LogP contribution in [0.5, 0.6) is 0 Å². The Morgan fingerprint density at radius 1 is 1.44 bits per heavy atom. The van der Waals surface area contributed by atoms with Gasteiger partial charge in [0.1, 0.15) is 16.6 Å². The highest BCUT2D eigenvalue weighted by atomic mass is 79.9.